The van der Waals surface area contributed by atoms with Gasteiger partial charge in [0.25, 0.3) is 0 Å². The van der Waals surface area contributed by atoms with Gasteiger partial charge in [-0.3, -0.25) is 4.79 Å². The number of nitrogens with one attached hydrogen (secondary N) is 1. The quantitative estimate of drug-likeness (QED) is 0.743. The number of dihydropyridines is 1. The van der Waals surface area contributed by atoms with E-state index < -0.39 is 17.7 Å². The number of methoxy groups -OCH3 is 2. The van der Waals surface area contributed by atoms with Gasteiger partial charge in [0.2, 0.25) is 0 Å². The summed E-state index contributed by atoms with van der Waals surface area (Å²) in [5.74, 6) is -1.32. The number of rotatable bonds is 4. The molecule has 5 nitrogen and oxygen atoms in total. The maximum atomic E-state index is 14.8. The van der Waals surface area contributed by atoms with Crippen LogP contribution in [0.2, 0.25) is 0 Å². The molecule has 2 aromatic carbocycles. The van der Waals surface area contributed by atoms with E-state index in [2.05, 4.69) is 5.32 Å². The second kappa shape index (κ2) is 8.38. The molecule has 4 rings (SSSR count). The van der Waals surface area contributed by atoms with Gasteiger partial charge in [-0.05, 0) is 31.0 Å². The maximum absolute atomic E-state index is 14.8. The summed E-state index contributed by atoms with van der Waals surface area (Å²) in [7, 11) is 2.89. The normalized spacial score (nSPS) is 20.8. The number of para-hydroxylation sites is 1. The number of allylic oxidation sites excluding steroid dienone is 3. The van der Waals surface area contributed by atoms with E-state index in [9.17, 15) is 14.0 Å². The first-order valence-corrected chi connectivity index (χ1v) is 10.2. The average Bonchev–Trinajstić information content (AvgIpc) is 2.78. The van der Waals surface area contributed by atoms with Gasteiger partial charge in [-0.15, -0.1) is 0 Å². The Morgan fingerprint density at radius 2 is 1.71 bits per heavy atom. The lowest BCUT2D eigenvalue weighted by molar-refractivity contribution is -0.136. The van der Waals surface area contributed by atoms with Crippen LogP contribution in [0.1, 0.15) is 42.7 Å². The van der Waals surface area contributed by atoms with E-state index in [0.717, 1.165) is 11.3 Å². The number of carbonyl (C=O) groups excluding carboxylic acids is 2. The molecule has 0 fully saturated rings. The van der Waals surface area contributed by atoms with Crippen molar-refractivity contribution in [2.45, 2.75) is 31.6 Å². The molecular weight excluding hydrogens is 397 g/mol. The van der Waals surface area contributed by atoms with E-state index in [4.69, 9.17) is 9.47 Å². The van der Waals surface area contributed by atoms with E-state index in [1.54, 1.807) is 32.2 Å². The van der Waals surface area contributed by atoms with Crippen molar-refractivity contribution in [1.29, 1.82) is 0 Å². The molecule has 0 radical (unpaired) electrons. The van der Waals surface area contributed by atoms with Crippen molar-refractivity contribution in [1.82, 2.24) is 5.32 Å². The molecule has 0 unspecified atom stereocenters. The number of Topliss-reactive ketones (excluding diaryl/α,β-unsaturated/α-hetero) is 1. The molecule has 0 saturated carbocycles. The van der Waals surface area contributed by atoms with Gasteiger partial charge in [-0.1, -0.05) is 36.4 Å². The van der Waals surface area contributed by atoms with Crippen molar-refractivity contribution in [2.75, 3.05) is 14.2 Å². The minimum Gasteiger partial charge on any atom is -0.496 e. The van der Waals surface area contributed by atoms with Gasteiger partial charge in [0, 0.05) is 34.9 Å². The Hall–Kier alpha value is -3.41. The highest BCUT2D eigenvalue weighted by atomic mass is 19.1. The molecule has 2 atom stereocenters. The van der Waals surface area contributed by atoms with Gasteiger partial charge in [0.1, 0.15) is 11.6 Å². The molecule has 1 N–H and O–H groups in total. The first-order valence-electron chi connectivity index (χ1n) is 10.2. The Morgan fingerprint density at radius 1 is 1.03 bits per heavy atom. The van der Waals surface area contributed by atoms with Gasteiger partial charge in [-0.25, -0.2) is 9.18 Å². The van der Waals surface area contributed by atoms with E-state index in [1.165, 1.54) is 13.2 Å². The summed E-state index contributed by atoms with van der Waals surface area (Å²) < 4.78 is 25.3. The molecule has 6 heteroatoms. The Bertz CT molecular complexity index is 1120. The number of halogens is 1. The van der Waals surface area contributed by atoms with Crippen LogP contribution in [-0.4, -0.2) is 26.0 Å². The first kappa shape index (κ1) is 20.8. The Balaban J connectivity index is 1.84. The summed E-state index contributed by atoms with van der Waals surface area (Å²) in [6.45, 7) is 1.75. The summed E-state index contributed by atoms with van der Waals surface area (Å²) in [6, 6.07) is 13.9. The van der Waals surface area contributed by atoms with Gasteiger partial charge in [-0.2, -0.15) is 0 Å². The summed E-state index contributed by atoms with van der Waals surface area (Å²) in [5.41, 5.74) is 3.21. The molecule has 31 heavy (non-hydrogen) atoms. The van der Waals surface area contributed by atoms with Gasteiger partial charge in [0.15, 0.2) is 5.78 Å². The second-order valence-electron chi connectivity index (χ2n) is 7.77. The van der Waals surface area contributed by atoms with Crippen LogP contribution >= 0.6 is 0 Å². The van der Waals surface area contributed by atoms with Gasteiger partial charge in [0.05, 0.1) is 25.7 Å². The van der Waals surface area contributed by atoms with Crippen LogP contribution < -0.4 is 10.1 Å². The zero-order valence-electron chi connectivity index (χ0n) is 17.7. The van der Waals surface area contributed by atoms with Crippen molar-refractivity contribution in [3.05, 3.63) is 88.0 Å². The number of carbonyl (C=O) groups is 2. The van der Waals surface area contributed by atoms with Crippen LogP contribution in [0, 0.1) is 5.82 Å². The van der Waals surface area contributed by atoms with E-state index in [0.29, 0.717) is 29.0 Å². The van der Waals surface area contributed by atoms with Crippen LogP contribution in [0.25, 0.3) is 0 Å². The lowest BCUT2D eigenvalue weighted by Gasteiger charge is -2.36. The van der Waals surface area contributed by atoms with E-state index >= 15 is 0 Å². The van der Waals surface area contributed by atoms with E-state index in [1.807, 2.05) is 24.3 Å². The standard InChI is InChI=1S/C25H24FNO4/c1-14-22(25(29)31-3)23(17-9-4-6-10-18(17)26)24-19(27-14)12-15(13-20(24)28)16-8-5-7-11-21(16)30-2/h4-11,15,23,27H,12-13H2,1-3H3/t15-,23-/m1/s1. The second-order valence-corrected chi connectivity index (χ2v) is 7.77. The highest BCUT2D eigenvalue weighted by Gasteiger charge is 2.42. The lowest BCUT2D eigenvalue weighted by atomic mass is 9.71. The smallest absolute Gasteiger partial charge is 0.336 e. The van der Waals surface area contributed by atoms with Crippen LogP contribution in [-0.2, 0) is 14.3 Å². The zero-order valence-corrected chi connectivity index (χ0v) is 17.7. The Labute approximate surface area is 180 Å². The summed E-state index contributed by atoms with van der Waals surface area (Å²) in [6.07, 6.45) is 0.803. The number of esters is 1. The highest BCUT2D eigenvalue weighted by molar-refractivity contribution is 6.04. The molecule has 0 spiro atoms. The molecule has 0 aromatic heterocycles. The SMILES string of the molecule is COC(=O)C1=C(C)NC2=C(C(=O)C[C@H](c3ccccc3OC)C2)[C@@H]1c1ccccc1F. The number of ether oxygens (including phenoxy) is 2. The Morgan fingerprint density at radius 3 is 2.39 bits per heavy atom. The van der Waals surface area contributed by atoms with Crippen LogP contribution in [0.5, 0.6) is 5.75 Å². The third-order valence-electron chi connectivity index (χ3n) is 6.03. The predicted molar refractivity (Wildman–Crippen MR) is 114 cm³/mol. The fraction of sp³-hybridized carbons (Fsp3) is 0.280. The lowest BCUT2D eigenvalue weighted by Crippen LogP contribution is -2.36. The third kappa shape index (κ3) is 3.63. The fourth-order valence-corrected chi connectivity index (χ4v) is 4.66. The van der Waals surface area contributed by atoms with Gasteiger partial charge < -0.3 is 14.8 Å². The van der Waals surface area contributed by atoms with Crippen molar-refractivity contribution in [3.63, 3.8) is 0 Å². The maximum Gasteiger partial charge on any atom is 0.336 e. The summed E-state index contributed by atoms with van der Waals surface area (Å²) >= 11 is 0. The van der Waals surface area contributed by atoms with Crippen molar-refractivity contribution in [3.8, 4) is 5.75 Å². The molecule has 0 saturated heterocycles. The molecule has 1 heterocycles. The minimum absolute atomic E-state index is 0.0800. The molecule has 2 aromatic rings. The molecular formula is C25H24FNO4. The first-order chi connectivity index (χ1) is 15.0. The van der Waals surface area contributed by atoms with E-state index in [-0.39, 0.29) is 23.7 Å². The minimum atomic E-state index is -0.809. The van der Waals surface area contributed by atoms with Gasteiger partial charge >= 0.3 is 5.97 Å². The molecule has 1 aliphatic heterocycles. The fourth-order valence-electron chi connectivity index (χ4n) is 4.66. The molecule has 2 aliphatic rings. The molecule has 160 valence electrons. The summed E-state index contributed by atoms with van der Waals surface area (Å²) in [4.78, 5) is 26.1. The Kier molecular flexibility index (Phi) is 5.63. The molecule has 0 amide bonds. The summed E-state index contributed by atoms with van der Waals surface area (Å²) in [5, 5.41) is 3.24. The zero-order chi connectivity index (χ0) is 22.1. The molecule has 1 aliphatic carbocycles. The van der Waals surface area contributed by atoms with Crippen LogP contribution in [0.4, 0.5) is 4.39 Å². The topological polar surface area (TPSA) is 64.6 Å². The number of ketones is 1. The monoisotopic (exact) mass is 421 g/mol. The van der Waals surface area contributed by atoms with Crippen LogP contribution in [0.15, 0.2) is 71.1 Å². The highest BCUT2D eigenvalue weighted by Crippen LogP contribution is 2.47. The molecule has 0 bridgehead atoms. The average molecular weight is 421 g/mol. The van der Waals surface area contributed by atoms with Crippen molar-refractivity contribution in [2.24, 2.45) is 0 Å². The third-order valence-corrected chi connectivity index (χ3v) is 6.03. The van der Waals surface area contributed by atoms with Crippen LogP contribution in [0.3, 0.4) is 0 Å². The number of hydrogen-bond donors (Lipinski definition) is 1. The van der Waals surface area contributed by atoms with Crippen molar-refractivity contribution < 1.29 is 23.5 Å². The largest absolute Gasteiger partial charge is 0.496 e. The van der Waals surface area contributed by atoms with Crippen molar-refractivity contribution >= 4 is 11.8 Å². The predicted octanol–water partition coefficient (Wildman–Crippen LogP) is 4.37. The number of benzene rings is 2. The number of hydrogen-bond acceptors (Lipinski definition) is 5.